The van der Waals surface area contributed by atoms with Crippen LogP contribution in [-0.4, -0.2) is 5.11 Å². The van der Waals surface area contributed by atoms with Crippen molar-refractivity contribution in [3.8, 4) is 0 Å². The molecule has 0 amide bonds. The monoisotopic (exact) mass is 310 g/mol. The third-order valence-electron chi connectivity index (χ3n) is 4.16. The molecule has 0 bridgehead atoms. The van der Waals surface area contributed by atoms with Gasteiger partial charge in [0, 0.05) is 4.47 Å². The number of aliphatic hydroxyl groups is 1. The first-order valence-corrected chi connectivity index (χ1v) is 7.90. The van der Waals surface area contributed by atoms with Gasteiger partial charge in [-0.1, -0.05) is 54.1 Å². The van der Waals surface area contributed by atoms with Crippen LogP contribution in [0.5, 0.6) is 0 Å². The number of hydrogen-bond donors (Lipinski definition) is 1. The lowest BCUT2D eigenvalue weighted by molar-refractivity contribution is 0.150. The number of hydrogen-bond acceptors (Lipinski definition) is 1. The van der Waals surface area contributed by atoms with Gasteiger partial charge in [0.1, 0.15) is 0 Å². The van der Waals surface area contributed by atoms with Gasteiger partial charge < -0.3 is 5.11 Å². The lowest BCUT2D eigenvalue weighted by Gasteiger charge is -2.23. The minimum absolute atomic E-state index is 0.292. The van der Waals surface area contributed by atoms with Crippen molar-refractivity contribution in [2.24, 2.45) is 5.92 Å². The van der Waals surface area contributed by atoms with Crippen LogP contribution in [0.3, 0.4) is 0 Å². The van der Waals surface area contributed by atoms with Crippen molar-refractivity contribution in [1.82, 2.24) is 0 Å². The Morgan fingerprint density at radius 3 is 2.67 bits per heavy atom. The fraction of sp³-hybridized carbons (Fsp3) is 0.625. The molecule has 1 aromatic carbocycles. The van der Waals surface area contributed by atoms with Crippen molar-refractivity contribution in [1.29, 1.82) is 0 Å². The summed E-state index contributed by atoms with van der Waals surface area (Å²) in [6.07, 6.45) is 8.71. The zero-order valence-corrected chi connectivity index (χ0v) is 12.7. The van der Waals surface area contributed by atoms with Gasteiger partial charge in [0.05, 0.1) is 6.10 Å². The number of halogens is 1. The Bertz CT molecular complexity index is 383. The Labute approximate surface area is 119 Å². The zero-order valence-electron chi connectivity index (χ0n) is 11.2. The van der Waals surface area contributed by atoms with Crippen molar-refractivity contribution < 1.29 is 5.11 Å². The Hall–Kier alpha value is -0.340. The summed E-state index contributed by atoms with van der Waals surface area (Å²) in [4.78, 5) is 0. The Morgan fingerprint density at radius 2 is 2.00 bits per heavy atom. The predicted octanol–water partition coefficient (Wildman–Crippen LogP) is 5.15. The van der Waals surface area contributed by atoms with Crippen LogP contribution < -0.4 is 0 Å². The molecule has 1 N–H and O–H groups in total. The van der Waals surface area contributed by atoms with E-state index in [1.165, 1.54) is 44.1 Å². The molecule has 1 aliphatic carbocycles. The molecule has 0 aromatic heterocycles. The lowest BCUT2D eigenvalue weighted by atomic mass is 9.84. The molecule has 2 heteroatoms. The van der Waals surface area contributed by atoms with E-state index in [9.17, 15) is 5.11 Å². The highest BCUT2D eigenvalue weighted by molar-refractivity contribution is 9.10. The molecule has 0 spiro atoms. The van der Waals surface area contributed by atoms with Gasteiger partial charge in [-0.05, 0) is 48.9 Å². The van der Waals surface area contributed by atoms with Gasteiger partial charge in [0.15, 0.2) is 0 Å². The van der Waals surface area contributed by atoms with E-state index in [0.29, 0.717) is 0 Å². The van der Waals surface area contributed by atoms with E-state index in [4.69, 9.17) is 0 Å². The summed E-state index contributed by atoms with van der Waals surface area (Å²) in [5.74, 6) is 0.851. The third-order valence-corrected chi connectivity index (χ3v) is 4.66. The second kappa shape index (κ2) is 6.72. The fourth-order valence-corrected chi connectivity index (χ4v) is 3.51. The van der Waals surface area contributed by atoms with Gasteiger partial charge in [0.25, 0.3) is 0 Å². The summed E-state index contributed by atoms with van der Waals surface area (Å²) in [6.45, 7) is 2.07. The highest BCUT2D eigenvalue weighted by Crippen LogP contribution is 2.31. The molecule has 0 heterocycles. The molecule has 0 radical (unpaired) electrons. The van der Waals surface area contributed by atoms with Crippen molar-refractivity contribution in [3.63, 3.8) is 0 Å². The van der Waals surface area contributed by atoms with Crippen LogP contribution in [0.4, 0.5) is 0 Å². The molecule has 1 aromatic rings. The minimum Gasteiger partial charge on any atom is -0.388 e. The molecule has 1 nitrogen and oxygen atoms in total. The number of benzene rings is 1. The summed E-state index contributed by atoms with van der Waals surface area (Å²) in [6, 6.07) is 6.15. The Morgan fingerprint density at radius 1 is 1.28 bits per heavy atom. The summed E-state index contributed by atoms with van der Waals surface area (Å²) in [7, 11) is 0. The van der Waals surface area contributed by atoms with E-state index >= 15 is 0 Å². The Kier molecular flexibility index (Phi) is 5.25. The normalized spacial score (nSPS) is 18.8. The molecule has 1 aliphatic rings. The highest BCUT2D eigenvalue weighted by Gasteiger charge is 2.16. The van der Waals surface area contributed by atoms with Gasteiger partial charge in [-0.25, -0.2) is 0 Å². The van der Waals surface area contributed by atoms with Crippen molar-refractivity contribution >= 4 is 15.9 Å². The number of rotatable bonds is 4. The SMILES string of the molecule is Cc1cc(Br)ccc1C(O)CCC1CCCCC1. The van der Waals surface area contributed by atoms with E-state index in [1.54, 1.807) is 0 Å². The average molecular weight is 311 g/mol. The smallest absolute Gasteiger partial charge is 0.0792 e. The molecule has 1 fully saturated rings. The first-order valence-electron chi connectivity index (χ1n) is 7.11. The summed E-state index contributed by atoms with van der Waals surface area (Å²) in [5, 5.41) is 10.3. The minimum atomic E-state index is -0.292. The van der Waals surface area contributed by atoms with E-state index in [0.717, 1.165) is 22.4 Å². The van der Waals surface area contributed by atoms with Crippen LogP contribution in [0.25, 0.3) is 0 Å². The molecular formula is C16H23BrO. The number of aliphatic hydroxyl groups excluding tert-OH is 1. The highest BCUT2D eigenvalue weighted by atomic mass is 79.9. The maximum absolute atomic E-state index is 10.3. The van der Waals surface area contributed by atoms with E-state index in [1.807, 2.05) is 12.1 Å². The second-order valence-corrected chi connectivity index (χ2v) is 6.51. The van der Waals surface area contributed by atoms with Crippen LogP contribution in [0, 0.1) is 12.8 Å². The second-order valence-electron chi connectivity index (χ2n) is 5.60. The predicted molar refractivity (Wildman–Crippen MR) is 79.6 cm³/mol. The molecule has 1 unspecified atom stereocenters. The molecular weight excluding hydrogens is 288 g/mol. The van der Waals surface area contributed by atoms with Gasteiger partial charge in [-0.15, -0.1) is 0 Å². The van der Waals surface area contributed by atoms with Crippen LogP contribution in [0.2, 0.25) is 0 Å². The zero-order chi connectivity index (χ0) is 13.0. The van der Waals surface area contributed by atoms with Gasteiger partial charge >= 0.3 is 0 Å². The first kappa shape index (κ1) is 14.1. The number of aryl methyl sites for hydroxylation is 1. The standard InChI is InChI=1S/C16H23BrO/c1-12-11-14(17)8-9-15(12)16(18)10-7-13-5-3-2-4-6-13/h8-9,11,13,16,18H,2-7,10H2,1H3. The van der Waals surface area contributed by atoms with Gasteiger partial charge in [-0.2, -0.15) is 0 Å². The maximum Gasteiger partial charge on any atom is 0.0792 e. The van der Waals surface area contributed by atoms with Gasteiger partial charge in [0.2, 0.25) is 0 Å². The topological polar surface area (TPSA) is 20.2 Å². The quantitative estimate of drug-likeness (QED) is 0.815. The van der Waals surface area contributed by atoms with Crippen LogP contribution in [-0.2, 0) is 0 Å². The molecule has 1 atom stereocenters. The molecule has 0 saturated heterocycles. The first-order chi connectivity index (χ1) is 8.66. The van der Waals surface area contributed by atoms with Crippen LogP contribution >= 0.6 is 15.9 Å². The largest absolute Gasteiger partial charge is 0.388 e. The van der Waals surface area contributed by atoms with E-state index < -0.39 is 0 Å². The van der Waals surface area contributed by atoms with Gasteiger partial charge in [-0.3, -0.25) is 0 Å². The van der Waals surface area contributed by atoms with Crippen LogP contribution in [0.1, 0.15) is 62.2 Å². The van der Waals surface area contributed by atoms with Crippen molar-refractivity contribution in [2.75, 3.05) is 0 Å². The van der Waals surface area contributed by atoms with Crippen molar-refractivity contribution in [2.45, 2.75) is 58.0 Å². The fourth-order valence-electron chi connectivity index (χ4n) is 3.04. The van der Waals surface area contributed by atoms with Crippen LogP contribution in [0.15, 0.2) is 22.7 Å². The van der Waals surface area contributed by atoms with E-state index in [-0.39, 0.29) is 6.10 Å². The molecule has 2 rings (SSSR count). The average Bonchev–Trinajstić information content (AvgIpc) is 2.37. The molecule has 100 valence electrons. The third kappa shape index (κ3) is 3.83. The lowest BCUT2D eigenvalue weighted by Crippen LogP contribution is -2.09. The van der Waals surface area contributed by atoms with Crippen molar-refractivity contribution in [3.05, 3.63) is 33.8 Å². The summed E-state index contributed by atoms with van der Waals surface area (Å²) >= 11 is 3.47. The molecule has 0 aliphatic heterocycles. The molecule has 18 heavy (non-hydrogen) atoms. The Balaban J connectivity index is 1.88. The van der Waals surface area contributed by atoms with E-state index in [2.05, 4.69) is 28.9 Å². The molecule has 1 saturated carbocycles. The summed E-state index contributed by atoms with van der Waals surface area (Å²) in [5.41, 5.74) is 2.27. The maximum atomic E-state index is 10.3. The summed E-state index contributed by atoms with van der Waals surface area (Å²) < 4.78 is 1.09.